The van der Waals surface area contributed by atoms with Crippen LogP contribution in [0.3, 0.4) is 0 Å². The van der Waals surface area contributed by atoms with Crippen LogP contribution >= 0.6 is 11.8 Å². The Morgan fingerprint density at radius 2 is 2.08 bits per heavy atom. The third-order valence-electron chi connectivity index (χ3n) is 3.51. The molecular formula is C19H16N4O2S. The van der Waals surface area contributed by atoms with Gasteiger partial charge in [0.2, 0.25) is 5.91 Å². The third kappa shape index (κ3) is 4.49. The average molecular weight is 364 g/mol. The van der Waals surface area contributed by atoms with Gasteiger partial charge >= 0.3 is 0 Å². The van der Waals surface area contributed by atoms with Crippen molar-refractivity contribution < 1.29 is 9.32 Å². The Morgan fingerprint density at radius 3 is 2.77 bits per heavy atom. The molecular weight excluding hydrogens is 348 g/mol. The number of carbonyl (C=O) groups excluding carboxylic acids is 1. The molecule has 2 heterocycles. The lowest BCUT2D eigenvalue weighted by atomic mass is 10.1. The maximum atomic E-state index is 12.0. The van der Waals surface area contributed by atoms with Gasteiger partial charge in [0.15, 0.2) is 5.82 Å². The molecule has 3 aromatic rings. The van der Waals surface area contributed by atoms with Crippen molar-refractivity contribution >= 4 is 23.5 Å². The van der Waals surface area contributed by atoms with E-state index < -0.39 is 0 Å². The van der Waals surface area contributed by atoms with Gasteiger partial charge in [0.1, 0.15) is 16.9 Å². The van der Waals surface area contributed by atoms with Crippen LogP contribution in [0.25, 0.3) is 11.3 Å². The first kappa shape index (κ1) is 17.7. The molecule has 1 amide bonds. The first-order chi connectivity index (χ1) is 12.7. The van der Waals surface area contributed by atoms with Crippen molar-refractivity contribution in [3.63, 3.8) is 0 Å². The Morgan fingerprint density at radius 1 is 1.27 bits per heavy atom. The van der Waals surface area contributed by atoms with Crippen LogP contribution in [-0.2, 0) is 4.79 Å². The SMILES string of the molecule is Cc1cc(NC(=O)CCSc2nc(-c3ccccc3)ccc2C#N)no1. The van der Waals surface area contributed by atoms with Crippen LogP contribution in [0.2, 0.25) is 0 Å². The number of rotatable bonds is 6. The molecule has 6 nitrogen and oxygen atoms in total. The summed E-state index contributed by atoms with van der Waals surface area (Å²) in [5.41, 5.74) is 2.29. The van der Waals surface area contributed by atoms with E-state index in [0.29, 0.717) is 27.9 Å². The zero-order chi connectivity index (χ0) is 18.4. The fraction of sp³-hybridized carbons (Fsp3) is 0.158. The van der Waals surface area contributed by atoms with Crippen molar-refractivity contribution in [1.82, 2.24) is 10.1 Å². The number of thioether (sulfide) groups is 1. The van der Waals surface area contributed by atoms with E-state index in [0.717, 1.165) is 11.3 Å². The summed E-state index contributed by atoms with van der Waals surface area (Å²) in [7, 11) is 0. The normalized spacial score (nSPS) is 10.3. The smallest absolute Gasteiger partial charge is 0.226 e. The standard InChI is InChI=1S/C19H16N4O2S/c1-13-11-17(23-25-13)22-18(24)9-10-26-19-15(12-20)7-8-16(21-19)14-5-3-2-4-6-14/h2-8,11H,9-10H2,1H3,(H,22,23,24). The molecule has 0 saturated carbocycles. The van der Waals surface area contributed by atoms with E-state index in [2.05, 4.69) is 21.5 Å². The predicted molar refractivity (Wildman–Crippen MR) is 99.6 cm³/mol. The van der Waals surface area contributed by atoms with Crippen molar-refractivity contribution in [2.45, 2.75) is 18.4 Å². The number of carbonyl (C=O) groups is 1. The highest BCUT2D eigenvalue weighted by molar-refractivity contribution is 7.99. The van der Waals surface area contributed by atoms with Gasteiger partial charge in [-0.2, -0.15) is 5.26 Å². The number of benzene rings is 1. The van der Waals surface area contributed by atoms with Crippen molar-refractivity contribution in [3.8, 4) is 17.3 Å². The molecule has 0 unspecified atom stereocenters. The Hall–Kier alpha value is -3.11. The number of nitriles is 1. The van der Waals surface area contributed by atoms with E-state index in [-0.39, 0.29) is 12.3 Å². The highest BCUT2D eigenvalue weighted by Crippen LogP contribution is 2.25. The van der Waals surface area contributed by atoms with Crippen molar-refractivity contribution in [1.29, 1.82) is 5.26 Å². The minimum Gasteiger partial charge on any atom is -0.360 e. The van der Waals surface area contributed by atoms with Crippen LogP contribution in [0.5, 0.6) is 0 Å². The number of hydrogen-bond acceptors (Lipinski definition) is 6. The second kappa shape index (κ2) is 8.32. The summed E-state index contributed by atoms with van der Waals surface area (Å²) in [6, 6.07) is 17.2. The number of aromatic nitrogens is 2. The van der Waals surface area contributed by atoms with E-state index >= 15 is 0 Å². The monoisotopic (exact) mass is 364 g/mol. The van der Waals surface area contributed by atoms with Gasteiger partial charge in [-0.15, -0.1) is 11.8 Å². The maximum Gasteiger partial charge on any atom is 0.226 e. The second-order valence-electron chi connectivity index (χ2n) is 5.50. The molecule has 0 aliphatic heterocycles. The van der Waals surface area contributed by atoms with Crippen LogP contribution in [0.4, 0.5) is 5.82 Å². The van der Waals surface area contributed by atoms with Gasteiger partial charge in [0, 0.05) is 23.8 Å². The minimum absolute atomic E-state index is 0.163. The number of nitrogens with zero attached hydrogens (tertiary/aromatic N) is 3. The maximum absolute atomic E-state index is 12.0. The lowest BCUT2D eigenvalue weighted by molar-refractivity contribution is -0.115. The molecule has 1 aromatic carbocycles. The molecule has 0 aliphatic carbocycles. The Kier molecular flexibility index (Phi) is 5.66. The number of amides is 1. The summed E-state index contributed by atoms with van der Waals surface area (Å²) in [5, 5.41) is 16.3. The minimum atomic E-state index is -0.163. The summed E-state index contributed by atoms with van der Waals surface area (Å²) in [4.78, 5) is 16.5. The lowest BCUT2D eigenvalue weighted by Gasteiger charge is -2.07. The Balaban J connectivity index is 1.63. The van der Waals surface area contributed by atoms with Gasteiger partial charge in [0.25, 0.3) is 0 Å². The summed E-state index contributed by atoms with van der Waals surface area (Å²) in [6.07, 6.45) is 0.276. The quantitative estimate of drug-likeness (QED) is 0.664. The first-order valence-electron chi connectivity index (χ1n) is 7.98. The van der Waals surface area contributed by atoms with Gasteiger partial charge in [0.05, 0.1) is 11.3 Å². The van der Waals surface area contributed by atoms with Crippen LogP contribution < -0.4 is 5.32 Å². The molecule has 26 heavy (non-hydrogen) atoms. The molecule has 2 aromatic heterocycles. The molecule has 0 fully saturated rings. The van der Waals surface area contributed by atoms with Gasteiger partial charge in [-0.1, -0.05) is 35.5 Å². The Labute approximate surface area is 155 Å². The number of anilines is 1. The molecule has 0 atom stereocenters. The molecule has 0 bridgehead atoms. The first-order valence-corrected chi connectivity index (χ1v) is 8.97. The number of pyridine rings is 1. The second-order valence-corrected chi connectivity index (χ2v) is 6.58. The number of nitrogens with one attached hydrogen (secondary N) is 1. The zero-order valence-electron chi connectivity index (χ0n) is 14.1. The molecule has 1 N–H and O–H groups in total. The van der Waals surface area contributed by atoms with Gasteiger partial charge in [-0.25, -0.2) is 4.98 Å². The lowest BCUT2D eigenvalue weighted by Crippen LogP contribution is -2.12. The molecule has 0 radical (unpaired) electrons. The summed E-state index contributed by atoms with van der Waals surface area (Å²) in [6.45, 7) is 1.76. The van der Waals surface area contributed by atoms with Crippen LogP contribution in [0.15, 0.2) is 58.1 Å². The number of aryl methyl sites for hydroxylation is 1. The largest absolute Gasteiger partial charge is 0.360 e. The van der Waals surface area contributed by atoms with E-state index in [1.54, 1.807) is 19.1 Å². The van der Waals surface area contributed by atoms with Gasteiger partial charge in [-0.3, -0.25) is 4.79 Å². The topological polar surface area (TPSA) is 91.8 Å². The highest BCUT2D eigenvalue weighted by atomic mass is 32.2. The van der Waals surface area contributed by atoms with Gasteiger partial charge in [-0.05, 0) is 19.1 Å². The van der Waals surface area contributed by atoms with Crippen molar-refractivity contribution in [2.24, 2.45) is 0 Å². The van der Waals surface area contributed by atoms with E-state index in [1.165, 1.54) is 11.8 Å². The highest BCUT2D eigenvalue weighted by Gasteiger charge is 2.10. The molecule has 3 rings (SSSR count). The van der Waals surface area contributed by atoms with Crippen LogP contribution in [0.1, 0.15) is 17.7 Å². The molecule has 0 spiro atoms. The number of hydrogen-bond donors (Lipinski definition) is 1. The van der Waals surface area contributed by atoms with Gasteiger partial charge < -0.3 is 9.84 Å². The fourth-order valence-electron chi connectivity index (χ4n) is 2.28. The fourth-order valence-corrected chi connectivity index (χ4v) is 3.19. The van der Waals surface area contributed by atoms with E-state index in [9.17, 15) is 10.1 Å². The summed E-state index contributed by atoms with van der Waals surface area (Å²) < 4.78 is 4.91. The van der Waals surface area contributed by atoms with Crippen LogP contribution in [-0.4, -0.2) is 21.8 Å². The molecule has 0 saturated heterocycles. The van der Waals surface area contributed by atoms with Crippen molar-refractivity contribution in [2.75, 3.05) is 11.1 Å². The van der Waals surface area contributed by atoms with Crippen molar-refractivity contribution in [3.05, 3.63) is 59.9 Å². The summed E-state index contributed by atoms with van der Waals surface area (Å²) in [5.74, 6) is 1.38. The zero-order valence-corrected chi connectivity index (χ0v) is 14.9. The Bertz CT molecular complexity index is 948. The molecule has 130 valence electrons. The third-order valence-corrected chi connectivity index (χ3v) is 4.51. The summed E-state index contributed by atoms with van der Waals surface area (Å²) >= 11 is 1.39. The van der Waals surface area contributed by atoms with E-state index in [1.807, 2.05) is 36.4 Å². The van der Waals surface area contributed by atoms with Crippen LogP contribution in [0, 0.1) is 18.3 Å². The predicted octanol–water partition coefficient (Wildman–Crippen LogP) is 4.04. The molecule has 0 aliphatic rings. The molecule has 7 heteroatoms. The average Bonchev–Trinajstić information content (AvgIpc) is 3.07. The van der Waals surface area contributed by atoms with E-state index in [4.69, 9.17) is 4.52 Å².